The number of halogens is 1. The van der Waals surface area contributed by atoms with Crippen LogP contribution in [0.3, 0.4) is 0 Å². The molecule has 1 aromatic rings. The Bertz CT molecular complexity index is 374. The van der Waals surface area contributed by atoms with Crippen molar-refractivity contribution in [3.8, 4) is 11.8 Å². The molecule has 0 aliphatic carbocycles. The van der Waals surface area contributed by atoms with Gasteiger partial charge in [-0.2, -0.15) is 5.26 Å². The molecule has 0 saturated carbocycles. The molecule has 1 rings (SSSR count). The second-order valence-electron chi connectivity index (χ2n) is 3.28. The van der Waals surface area contributed by atoms with Gasteiger partial charge in [-0.05, 0) is 31.0 Å². The number of ether oxygens (including phenoxy) is 1. The normalized spacial score (nSPS) is 9.81. The maximum Gasteiger partial charge on any atom is 0.165 e. The van der Waals surface area contributed by atoms with Crippen LogP contribution in [0.5, 0.6) is 5.75 Å². The summed E-state index contributed by atoms with van der Waals surface area (Å²) in [5, 5.41) is 11.2. The first-order valence-corrected chi connectivity index (χ1v) is 5.26. The highest BCUT2D eigenvalue weighted by atomic mass is 19.1. The average Bonchev–Trinajstić information content (AvgIpc) is 2.28. The Morgan fingerprint density at radius 2 is 2.31 bits per heavy atom. The molecule has 16 heavy (non-hydrogen) atoms. The van der Waals surface area contributed by atoms with E-state index in [1.54, 1.807) is 6.07 Å². The first-order valence-electron chi connectivity index (χ1n) is 5.26. The lowest BCUT2D eigenvalue weighted by Crippen LogP contribution is -2.17. The highest BCUT2D eigenvalue weighted by Crippen LogP contribution is 2.18. The zero-order chi connectivity index (χ0) is 11.8. The van der Waals surface area contributed by atoms with Gasteiger partial charge >= 0.3 is 0 Å². The molecule has 0 heterocycles. The van der Waals surface area contributed by atoms with Crippen molar-refractivity contribution in [2.45, 2.75) is 13.3 Å². The lowest BCUT2D eigenvalue weighted by molar-refractivity contribution is 0.321. The minimum Gasteiger partial charge on any atom is -0.491 e. The monoisotopic (exact) mass is 222 g/mol. The van der Waals surface area contributed by atoms with Crippen molar-refractivity contribution < 1.29 is 9.13 Å². The number of hydrogen-bond acceptors (Lipinski definition) is 3. The summed E-state index contributed by atoms with van der Waals surface area (Å²) in [7, 11) is 0. The van der Waals surface area contributed by atoms with E-state index in [0.717, 1.165) is 5.56 Å². The van der Waals surface area contributed by atoms with Crippen LogP contribution in [-0.2, 0) is 6.42 Å². The Kier molecular flexibility index (Phi) is 5.30. The third-order valence-corrected chi connectivity index (χ3v) is 2.09. The zero-order valence-electron chi connectivity index (χ0n) is 9.29. The van der Waals surface area contributed by atoms with Crippen LogP contribution < -0.4 is 10.1 Å². The largest absolute Gasteiger partial charge is 0.491 e. The van der Waals surface area contributed by atoms with Crippen molar-refractivity contribution in [2.75, 3.05) is 19.7 Å². The molecule has 0 aliphatic rings. The first kappa shape index (κ1) is 12.5. The summed E-state index contributed by atoms with van der Waals surface area (Å²) >= 11 is 0. The predicted octanol–water partition coefficient (Wildman–Crippen LogP) is 1.88. The molecule has 4 heteroatoms. The Labute approximate surface area is 94.8 Å². The van der Waals surface area contributed by atoms with Crippen molar-refractivity contribution in [3.63, 3.8) is 0 Å². The van der Waals surface area contributed by atoms with Crippen molar-refractivity contribution >= 4 is 0 Å². The van der Waals surface area contributed by atoms with Crippen LogP contribution in [0.25, 0.3) is 0 Å². The topological polar surface area (TPSA) is 45.0 Å². The van der Waals surface area contributed by atoms with Crippen molar-refractivity contribution in [2.24, 2.45) is 0 Å². The van der Waals surface area contributed by atoms with Gasteiger partial charge in [-0.15, -0.1) is 0 Å². The number of nitriles is 1. The van der Waals surface area contributed by atoms with E-state index in [1.807, 2.05) is 19.1 Å². The van der Waals surface area contributed by atoms with Gasteiger partial charge in [-0.3, -0.25) is 0 Å². The Balaban J connectivity index is 2.50. The third-order valence-electron chi connectivity index (χ3n) is 2.09. The molecular weight excluding hydrogens is 207 g/mol. The third kappa shape index (κ3) is 3.87. The van der Waals surface area contributed by atoms with Crippen LogP contribution in [0.15, 0.2) is 18.2 Å². The zero-order valence-corrected chi connectivity index (χ0v) is 9.29. The molecule has 1 N–H and O–H groups in total. The van der Waals surface area contributed by atoms with E-state index in [9.17, 15) is 4.39 Å². The molecule has 0 amide bonds. The summed E-state index contributed by atoms with van der Waals surface area (Å²) in [5.74, 6) is -0.0455. The summed E-state index contributed by atoms with van der Waals surface area (Å²) in [4.78, 5) is 0. The van der Waals surface area contributed by atoms with Gasteiger partial charge in [0.2, 0.25) is 0 Å². The van der Waals surface area contributed by atoms with Gasteiger partial charge in [0.15, 0.2) is 11.6 Å². The molecule has 0 saturated heterocycles. The highest BCUT2D eigenvalue weighted by molar-refractivity contribution is 5.29. The number of nitrogens with zero attached hydrogens (tertiary/aromatic N) is 1. The standard InChI is InChI=1S/C12H15FN2O/c1-2-16-12-4-3-10(9-11(12)13)5-7-15-8-6-14/h3-4,9,15H,2,5,7-8H2,1H3. The lowest BCUT2D eigenvalue weighted by atomic mass is 10.1. The van der Waals surface area contributed by atoms with Gasteiger partial charge in [0.25, 0.3) is 0 Å². The lowest BCUT2D eigenvalue weighted by Gasteiger charge is -2.06. The van der Waals surface area contributed by atoms with E-state index in [4.69, 9.17) is 10.00 Å². The van der Waals surface area contributed by atoms with Gasteiger partial charge in [0.1, 0.15) is 0 Å². The summed E-state index contributed by atoms with van der Waals surface area (Å²) in [5.41, 5.74) is 0.895. The average molecular weight is 222 g/mol. The fraction of sp³-hybridized carbons (Fsp3) is 0.417. The van der Waals surface area contributed by atoms with Crippen LogP contribution >= 0.6 is 0 Å². The van der Waals surface area contributed by atoms with E-state index in [0.29, 0.717) is 26.1 Å². The van der Waals surface area contributed by atoms with Crippen LogP contribution in [-0.4, -0.2) is 19.7 Å². The fourth-order valence-corrected chi connectivity index (χ4v) is 1.35. The molecule has 86 valence electrons. The summed E-state index contributed by atoms with van der Waals surface area (Å²) in [6.45, 7) is 3.26. The molecule has 0 aliphatic heterocycles. The molecular formula is C12H15FN2O. The number of rotatable bonds is 6. The first-order chi connectivity index (χ1) is 7.77. The maximum atomic E-state index is 13.4. The molecule has 0 aromatic heterocycles. The maximum absolute atomic E-state index is 13.4. The Hall–Kier alpha value is -1.60. The molecule has 0 radical (unpaired) electrons. The Morgan fingerprint density at radius 1 is 1.50 bits per heavy atom. The van der Waals surface area contributed by atoms with E-state index < -0.39 is 0 Å². The minimum atomic E-state index is -0.334. The van der Waals surface area contributed by atoms with E-state index in [1.165, 1.54) is 6.07 Å². The van der Waals surface area contributed by atoms with Crippen molar-refractivity contribution in [1.29, 1.82) is 5.26 Å². The summed E-state index contributed by atoms with van der Waals surface area (Å²) < 4.78 is 18.5. The van der Waals surface area contributed by atoms with Crippen LogP contribution in [0, 0.1) is 17.1 Å². The van der Waals surface area contributed by atoms with Crippen LogP contribution in [0.1, 0.15) is 12.5 Å². The van der Waals surface area contributed by atoms with Gasteiger partial charge in [-0.25, -0.2) is 4.39 Å². The van der Waals surface area contributed by atoms with Gasteiger partial charge in [-0.1, -0.05) is 6.07 Å². The highest BCUT2D eigenvalue weighted by Gasteiger charge is 2.03. The fourth-order valence-electron chi connectivity index (χ4n) is 1.35. The van der Waals surface area contributed by atoms with E-state index in [-0.39, 0.29) is 11.6 Å². The number of nitrogens with one attached hydrogen (secondary N) is 1. The van der Waals surface area contributed by atoms with E-state index >= 15 is 0 Å². The molecule has 0 unspecified atom stereocenters. The summed E-state index contributed by atoms with van der Waals surface area (Å²) in [6.07, 6.45) is 0.699. The quantitative estimate of drug-likeness (QED) is 0.590. The number of hydrogen-bond donors (Lipinski definition) is 1. The predicted molar refractivity (Wildman–Crippen MR) is 59.8 cm³/mol. The molecule has 0 atom stereocenters. The number of benzene rings is 1. The Morgan fingerprint density at radius 3 is 2.94 bits per heavy atom. The van der Waals surface area contributed by atoms with Gasteiger partial charge in [0.05, 0.1) is 19.2 Å². The molecule has 3 nitrogen and oxygen atoms in total. The van der Waals surface area contributed by atoms with Gasteiger partial charge < -0.3 is 10.1 Å². The van der Waals surface area contributed by atoms with Crippen LogP contribution in [0.2, 0.25) is 0 Å². The summed E-state index contributed by atoms with van der Waals surface area (Å²) in [6, 6.07) is 6.93. The molecule has 0 spiro atoms. The molecule has 0 bridgehead atoms. The smallest absolute Gasteiger partial charge is 0.165 e. The van der Waals surface area contributed by atoms with Crippen molar-refractivity contribution in [1.82, 2.24) is 5.32 Å². The van der Waals surface area contributed by atoms with E-state index in [2.05, 4.69) is 5.32 Å². The molecule has 0 fully saturated rings. The second-order valence-corrected chi connectivity index (χ2v) is 3.28. The molecule has 1 aromatic carbocycles. The second kappa shape index (κ2) is 6.81. The minimum absolute atomic E-state index is 0.288. The van der Waals surface area contributed by atoms with Gasteiger partial charge in [0, 0.05) is 6.54 Å². The SMILES string of the molecule is CCOc1ccc(CCNCC#N)cc1F. The van der Waals surface area contributed by atoms with Crippen LogP contribution in [0.4, 0.5) is 4.39 Å². The van der Waals surface area contributed by atoms with Crippen molar-refractivity contribution in [3.05, 3.63) is 29.6 Å².